The van der Waals surface area contributed by atoms with Gasteiger partial charge in [-0.05, 0) is 36.6 Å². The average molecular weight is 331 g/mol. The third-order valence-electron chi connectivity index (χ3n) is 3.67. The summed E-state index contributed by atoms with van der Waals surface area (Å²) in [4.78, 5) is 23.3. The fourth-order valence-electron chi connectivity index (χ4n) is 2.49. The Balaban J connectivity index is 1.96. The van der Waals surface area contributed by atoms with Gasteiger partial charge in [0.25, 0.3) is 0 Å². The molecule has 0 unspecified atom stereocenters. The van der Waals surface area contributed by atoms with Gasteiger partial charge in [-0.25, -0.2) is 9.59 Å². The molecule has 5 nitrogen and oxygen atoms in total. The van der Waals surface area contributed by atoms with Crippen molar-refractivity contribution in [3.05, 3.63) is 33.8 Å². The van der Waals surface area contributed by atoms with Gasteiger partial charge >= 0.3 is 12.0 Å². The van der Waals surface area contributed by atoms with E-state index in [1.54, 1.807) is 18.2 Å². The van der Waals surface area contributed by atoms with Gasteiger partial charge < -0.3 is 15.7 Å². The minimum Gasteiger partial charge on any atom is -0.480 e. The molecule has 7 heteroatoms. The van der Waals surface area contributed by atoms with Crippen molar-refractivity contribution in [2.45, 2.75) is 37.8 Å². The van der Waals surface area contributed by atoms with Crippen LogP contribution in [0.25, 0.3) is 0 Å². The van der Waals surface area contributed by atoms with Gasteiger partial charge in [-0.2, -0.15) is 0 Å². The fourth-order valence-corrected chi connectivity index (χ4v) is 2.87. The Kier molecular flexibility index (Phi) is 4.96. The lowest BCUT2D eigenvalue weighted by atomic mass is 9.98. The van der Waals surface area contributed by atoms with Crippen LogP contribution in [-0.2, 0) is 11.3 Å². The van der Waals surface area contributed by atoms with Crippen LogP contribution in [-0.4, -0.2) is 22.6 Å². The molecule has 1 aromatic carbocycles. The molecular weight excluding hydrogens is 315 g/mol. The van der Waals surface area contributed by atoms with E-state index in [0.29, 0.717) is 28.5 Å². The molecule has 0 heterocycles. The SMILES string of the molecule is O=C(NCc1cc(Cl)ccc1Cl)NC1(C(=O)O)CCCC1. The second kappa shape index (κ2) is 6.54. The number of carboxylic acids is 1. The Hall–Kier alpha value is -1.46. The maximum Gasteiger partial charge on any atom is 0.329 e. The molecule has 1 aliphatic carbocycles. The molecule has 1 saturated carbocycles. The summed E-state index contributed by atoms with van der Waals surface area (Å²) in [6.45, 7) is 0.181. The number of rotatable bonds is 4. The Morgan fingerprint density at radius 2 is 1.90 bits per heavy atom. The molecular formula is C14H16Cl2N2O3. The summed E-state index contributed by atoms with van der Waals surface area (Å²) in [5, 5.41) is 15.5. The van der Waals surface area contributed by atoms with E-state index in [1.807, 2.05) is 0 Å². The minimum atomic E-state index is -1.15. The van der Waals surface area contributed by atoms with E-state index in [9.17, 15) is 14.7 Å². The van der Waals surface area contributed by atoms with Gasteiger partial charge in [0.05, 0.1) is 0 Å². The maximum absolute atomic E-state index is 11.9. The van der Waals surface area contributed by atoms with Gasteiger partial charge in [-0.3, -0.25) is 0 Å². The summed E-state index contributed by atoms with van der Waals surface area (Å²) in [7, 11) is 0. The highest BCUT2D eigenvalue weighted by atomic mass is 35.5. The van der Waals surface area contributed by atoms with Gasteiger partial charge in [0.2, 0.25) is 0 Å². The van der Waals surface area contributed by atoms with Gasteiger partial charge in [-0.15, -0.1) is 0 Å². The van der Waals surface area contributed by atoms with Crippen LogP contribution in [0.5, 0.6) is 0 Å². The van der Waals surface area contributed by atoms with Crippen molar-refractivity contribution in [3.8, 4) is 0 Å². The van der Waals surface area contributed by atoms with Gasteiger partial charge in [-0.1, -0.05) is 36.0 Å². The smallest absolute Gasteiger partial charge is 0.329 e. The number of carboxylic acid groups (broad SMARTS) is 1. The van der Waals surface area contributed by atoms with Crippen LogP contribution >= 0.6 is 23.2 Å². The van der Waals surface area contributed by atoms with Crippen molar-refractivity contribution >= 4 is 35.2 Å². The number of hydrogen-bond acceptors (Lipinski definition) is 2. The summed E-state index contributed by atoms with van der Waals surface area (Å²) in [5.41, 5.74) is -0.475. The molecule has 0 spiro atoms. The number of halogens is 2. The third-order valence-corrected chi connectivity index (χ3v) is 4.27. The molecule has 0 aliphatic heterocycles. The topological polar surface area (TPSA) is 78.4 Å². The second-order valence-electron chi connectivity index (χ2n) is 5.14. The average Bonchev–Trinajstić information content (AvgIpc) is 2.89. The molecule has 1 aliphatic rings. The van der Waals surface area contributed by atoms with Crippen molar-refractivity contribution in [1.82, 2.24) is 10.6 Å². The lowest BCUT2D eigenvalue weighted by Gasteiger charge is -2.25. The van der Waals surface area contributed by atoms with Gasteiger partial charge in [0, 0.05) is 16.6 Å². The number of amides is 2. The van der Waals surface area contributed by atoms with E-state index in [2.05, 4.69) is 10.6 Å². The largest absolute Gasteiger partial charge is 0.480 e. The van der Waals surface area contributed by atoms with Crippen LogP contribution in [0.4, 0.5) is 4.79 Å². The number of hydrogen-bond donors (Lipinski definition) is 3. The molecule has 21 heavy (non-hydrogen) atoms. The summed E-state index contributed by atoms with van der Waals surface area (Å²) in [6.07, 6.45) is 2.50. The van der Waals surface area contributed by atoms with Crippen molar-refractivity contribution in [2.75, 3.05) is 0 Å². The Morgan fingerprint density at radius 3 is 2.52 bits per heavy atom. The number of nitrogens with one attached hydrogen (secondary N) is 2. The van der Waals surface area contributed by atoms with E-state index >= 15 is 0 Å². The molecule has 0 atom stereocenters. The zero-order valence-corrected chi connectivity index (χ0v) is 12.8. The fraction of sp³-hybridized carbons (Fsp3) is 0.429. The van der Waals surface area contributed by atoms with Crippen molar-refractivity contribution in [3.63, 3.8) is 0 Å². The van der Waals surface area contributed by atoms with Crippen LogP contribution < -0.4 is 10.6 Å². The van der Waals surface area contributed by atoms with Crippen LogP contribution in [0.1, 0.15) is 31.2 Å². The number of carbonyl (C=O) groups is 2. The minimum absolute atomic E-state index is 0.181. The first kappa shape index (κ1) is 15.9. The van der Waals surface area contributed by atoms with E-state index < -0.39 is 17.5 Å². The molecule has 1 aromatic rings. The Labute approximate surface area is 132 Å². The van der Waals surface area contributed by atoms with Crippen LogP contribution in [0.2, 0.25) is 10.0 Å². The summed E-state index contributed by atoms with van der Waals surface area (Å²) in [5.74, 6) is -0.990. The predicted octanol–water partition coefficient (Wildman–Crippen LogP) is 3.19. The molecule has 0 saturated heterocycles. The quantitative estimate of drug-likeness (QED) is 0.793. The molecule has 3 N–H and O–H groups in total. The summed E-state index contributed by atoms with van der Waals surface area (Å²) >= 11 is 11.9. The monoisotopic (exact) mass is 330 g/mol. The van der Waals surface area contributed by atoms with Crippen molar-refractivity contribution in [2.24, 2.45) is 0 Å². The standard InChI is InChI=1S/C14H16Cl2N2O3/c15-10-3-4-11(16)9(7-10)8-17-13(21)18-14(12(19)20)5-1-2-6-14/h3-4,7H,1-2,5-6,8H2,(H,19,20)(H2,17,18,21). The molecule has 2 rings (SSSR count). The van der Waals surface area contributed by atoms with Crippen LogP contribution in [0, 0.1) is 0 Å². The number of aliphatic carboxylic acids is 1. The molecule has 1 fully saturated rings. The van der Waals surface area contributed by atoms with E-state index in [-0.39, 0.29) is 6.54 Å². The van der Waals surface area contributed by atoms with Crippen molar-refractivity contribution in [1.29, 1.82) is 0 Å². The van der Waals surface area contributed by atoms with E-state index in [1.165, 1.54) is 0 Å². The molecule has 114 valence electrons. The molecule has 0 radical (unpaired) electrons. The van der Waals surface area contributed by atoms with Crippen molar-refractivity contribution < 1.29 is 14.7 Å². The zero-order chi connectivity index (χ0) is 15.5. The second-order valence-corrected chi connectivity index (χ2v) is 5.98. The van der Waals surface area contributed by atoms with Crippen LogP contribution in [0.15, 0.2) is 18.2 Å². The lowest BCUT2D eigenvalue weighted by molar-refractivity contribution is -0.144. The molecule has 0 aromatic heterocycles. The predicted molar refractivity (Wildman–Crippen MR) is 80.7 cm³/mol. The third kappa shape index (κ3) is 3.80. The first-order valence-electron chi connectivity index (χ1n) is 6.66. The highest BCUT2D eigenvalue weighted by Crippen LogP contribution is 2.29. The first-order chi connectivity index (χ1) is 9.93. The summed E-state index contributed by atoms with van der Waals surface area (Å²) in [6, 6.07) is 4.45. The Bertz CT molecular complexity index is 557. The number of carbonyl (C=O) groups excluding carboxylic acids is 1. The first-order valence-corrected chi connectivity index (χ1v) is 7.42. The summed E-state index contributed by atoms with van der Waals surface area (Å²) < 4.78 is 0. The molecule has 0 bridgehead atoms. The highest BCUT2D eigenvalue weighted by Gasteiger charge is 2.42. The zero-order valence-electron chi connectivity index (χ0n) is 11.3. The number of benzene rings is 1. The lowest BCUT2D eigenvalue weighted by Crippen LogP contribution is -2.55. The number of urea groups is 1. The van der Waals surface area contributed by atoms with Crippen LogP contribution in [0.3, 0.4) is 0 Å². The highest BCUT2D eigenvalue weighted by molar-refractivity contribution is 6.33. The molecule has 2 amide bonds. The van der Waals surface area contributed by atoms with Gasteiger partial charge in [0.15, 0.2) is 0 Å². The Morgan fingerprint density at radius 1 is 1.24 bits per heavy atom. The normalized spacial score (nSPS) is 16.5. The van der Waals surface area contributed by atoms with E-state index in [0.717, 1.165) is 12.8 Å². The van der Waals surface area contributed by atoms with Gasteiger partial charge in [0.1, 0.15) is 5.54 Å². The maximum atomic E-state index is 11.9. The van der Waals surface area contributed by atoms with E-state index in [4.69, 9.17) is 23.2 Å².